The molecule has 0 spiro atoms. The van der Waals surface area contributed by atoms with Crippen LogP contribution in [0.15, 0.2) is 95.4 Å². The van der Waals surface area contributed by atoms with Crippen LogP contribution in [0.3, 0.4) is 0 Å². The second-order valence-electron chi connectivity index (χ2n) is 6.67. The van der Waals surface area contributed by atoms with E-state index in [0.717, 1.165) is 11.2 Å². The lowest BCUT2D eigenvalue weighted by Crippen LogP contribution is -1.85. The third kappa shape index (κ3) is 2.33. The predicted octanol–water partition coefficient (Wildman–Crippen LogP) is 7.23. The van der Waals surface area contributed by atoms with Gasteiger partial charge in [0.2, 0.25) is 0 Å². The van der Waals surface area contributed by atoms with Gasteiger partial charge >= 0.3 is 0 Å². The first kappa shape index (κ1) is 15.0. The Morgan fingerprint density at radius 2 is 1.23 bits per heavy atom. The summed E-state index contributed by atoms with van der Waals surface area (Å²) in [6.07, 6.45) is 0. The molecule has 0 radical (unpaired) electrons. The molecule has 1 aromatic heterocycles. The Morgan fingerprint density at radius 1 is 0.577 bits per heavy atom. The van der Waals surface area contributed by atoms with Crippen LogP contribution in [0.5, 0.6) is 0 Å². The van der Waals surface area contributed by atoms with Crippen molar-refractivity contribution in [3.63, 3.8) is 0 Å². The molecule has 4 aromatic carbocycles. The zero-order chi connectivity index (χ0) is 17.5. The van der Waals surface area contributed by atoms with Crippen molar-refractivity contribution in [3.8, 4) is 22.3 Å². The van der Waals surface area contributed by atoms with E-state index in [9.17, 15) is 0 Å². The van der Waals surface area contributed by atoms with Crippen molar-refractivity contribution >= 4 is 21.9 Å². The van der Waals surface area contributed by atoms with Crippen LogP contribution >= 0.6 is 0 Å². The molecule has 0 saturated heterocycles. The number of aryl methyl sites for hydroxylation is 1. The maximum Gasteiger partial charge on any atom is 0.136 e. The van der Waals surface area contributed by atoms with Gasteiger partial charge in [-0.15, -0.1) is 0 Å². The molecule has 0 aliphatic carbocycles. The van der Waals surface area contributed by atoms with Crippen molar-refractivity contribution in [2.45, 2.75) is 6.92 Å². The highest BCUT2D eigenvalue weighted by atomic mass is 16.3. The van der Waals surface area contributed by atoms with E-state index in [0.29, 0.717) is 0 Å². The minimum Gasteiger partial charge on any atom is -0.456 e. The summed E-state index contributed by atoms with van der Waals surface area (Å²) >= 11 is 0. The van der Waals surface area contributed by atoms with Gasteiger partial charge in [-0.1, -0.05) is 72.8 Å². The molecule has 0 aliphatic rings. The largest absolute Gasteiger partial charge is 0.456 e. The van der Waals surface area contributed by atoms with Crippen LogP contribution < -0.4 is 0 Å². The van der Waals surface area contributed by atoms with Gasteiger partial charge in [0.25, 0.3) is 0 Å². The molecule has 0 saturated carbocycles. The summed E-state index contributed by atoms with van der Waals surface area (Å²) in [6.45, 7) is 2.16. The normalized spacial score (nSPS) is 11.3. The Hall–Kier alpha value is -3.32. The standard InChI is InChI=1S/C25H18O/c1-17-8-2-3-11-20(17)18-9-6-10-19(16-18)21-13-7-15-24-25(21)22-12-4-5-14-23(22)26-24/h2-16H,1H3. The van der Waals surface area contributed by atoms with Gasteiger partial charge in [-0.2, -0.15) is 0 Å². The Morgan fingerprint density at radius 3 is 2.12 bits per heavy atom. The highest BCUT2D eigenvalue weighted by Gasteiger charge is 2.12. The van der Waals surface area contributed by atoms with Crippen LogP contribution in [0.4, 0.5) is 0 Å². The van der Waals surface area contributed by atoms with Gasteiger partial charge in [-0.25, -0.2) is 0 Å². The van der Waals surface area contributed by atoms with E-state index in [-0.39, 0.29) is 0 Å². The van der Waals surface area contributed by atoms with E-state index in [1.165, 1.54) is 38.6 Å². The van der Waals surface area contributed by atoms with Crippen molar-refractivity contribution in [2.24, 2.45) is 0 Å². The fourth-order valence-corrected chi connectivity index (χ4v) is 3.77. The van der Waals surface area contributed by atoms with Crippen LogP contribution in [0.25, 0.3) is 44.2 Å². The molecule has 0 aliphatic heterocycles. The number of para-hydroxylation sites is 1. The van der Waals surface area contributed by atoms with Crippen LogP contribution in [0, 0.1) is 6.92 Å². The summed E-state index contributed by atoms with van der Waals surface area (Å²) in [6, 6.07) is 31.8. The van der Waals surface area contributed by atoms with Gasteiger partial charge in [0.15, 0.2) is 0 Å². The van der Waals surface area contributed by atoms with E-state index < -0.39 is 0 Å². The molecule has 1 nitrogen and oxygen atoms in total. The average Bonchev–Trinajstić information content (AvgIpc) is 3.07. The van der Waals surface area contributed by atoms with Crippen molar-refractivity contribution in [1.82, 2.24) is 0 Å². The third-order valence-electron chi connectivity index (χ3n) is 5.03. The molecule has 0 N–H and O–H groups in total. The second-order valence-corrected chi connectivity index (χ2v) is 6.67. The summed E-state index contributed by atoms with van der Waals surface area (Å²) < 4.78 is 6.05. The number of rotatable bonds is 2. The summed E-state index contributed by atoms with van der Waals surface area (Å²) in [5.41, 5.74) is 8.10. The Kier molecular flexibility index (Phi) is 3.39. The molecular formula is C25H18O. The first-order valence-electron chi connectivity index (χ1n) is 8.88. The first-order valence-corrected chi connectivity index (χ1v) is 8.88. The monoisotopic (exact) mass is 334 g/mol. The van der Waals surface area contributed by atoms with Crippen molar-refractivity contribution in [2.75, 3.05) is 0 Å². The van der Waals surface area contributed by atoms with Crippen LogP contribution in [-0.4, -0.2) is 0 Å². The number of benzene rings is 4. The van der Waals surface area contributed by atoms with E-state index in [4.69, 9.17) is 4.42 Å². The second kappa shape index (κ2) is 5.89. The molecule has 0 unspecified atom stereocenters. The zero-order valence-corrected chi connectivity index (χ0v) is 14.6. The highest BCUT2D eigenvalue weighted by molar-refractivity contribution is 6.12. The average molecular weight is 334 g/mol. The fourth-order valence-electron chi connectivity index (χ4n) is 3.77. The topological polar surface area (TPSA) is 13.1 Å². The smallest absolute Gasteiger partial charge is 0.136 e. The maximum absolute atomic E-state index is 6.05. The Labute approximate surface area is 152 Å². The summed E-state index contributed by atoms with van der Waals surface area (Å²) in [5.74, 6) is 0. The number of hydrogen-bond donors (Lipinski definition) is 0. The van der Waals surface area contributed by atoms with Crippen LogP contribution in [0.1, 0.15) is 5.56 Å². The van der Waals surface area contributed by atoms with E-state index in [2.05, 4.69) is 79.7 Å². The van der Waals surface area contributed by atoms with Crippen molar-refractivity contribution < 1.29 is 4.42 Å². The van der Waals surface area contributed by atoms with Gasteiger partial charge in [-0.05, 0) is 52.9 Å². The minimum absolute atomic E-state index is 0.935. The predicted molar refractivity (Wildman–Crippen MR) is 109 cm³/mol. The van der Waals surface area contributed by atoms with Crippen LogP contribution in [-0.2, 0) is 0 Å². The number of fused-ring (bicyclic) bond motifs is 3. The zero-order valence-electron chi connectivity index (χ0n) is 14.6. The molecule has 26 heavy (non-hydrogen) atoms. The molecule has 5 aromatic rings. The van der Waals surface area contributed by atoms with Crippen LogP contribution in [0.2, 0.25) is 0 Å². The van der Waals surface area contributed by atoms with Gasteiger partial charge in [0.05, 0.1) is 0 Å². The van der Waals surface area contributed by atoms with Gasteiger partial charge < -0.3 is 4.42 Å². The molecular weight excluding hydrogens is 316 g/mol. The number of furan rings is 1. The quantitative estimate of drug-likeness (QED) is 0.332. The summed E-state index contributed by atoms with van der Waals surface area (Å²) in [4.78, 5) is 0. The van der Waals surface area contributed by atoms with E-state index in [1.54, 1.807) is 0 Å². The lowest BCUT2D eigenvalue weighted by molar-refractivity contribution is 0.669. The minimum atomic E-state index is 0.935. The molecule has 0 bridgehead atoms. The molecule has 0 atom stereocenters. The molecule has 1 heteroatoms. The highest BCUT2D eigenvalue weighted by Crippen LogP contribution is 2.37. The van der Waals surface area contributed by atoms with Gasteiger partial charge in [-0.3, -0.25) is 0 Å². The molecule has 0 amide bonds. The van der Waals surface area contributed by atoms with E-state index in [1.807, 2.05) is 18.2 Å². The summed E-state index contributed by atoms with van der Waals surface area (Å²) in [7, 11) is 0. The van der Waals surface area contributed by atoms with Crippen molar-refractivity contribution in [1.29, 1.82) is 0 Å². The lowest BCUT2D eigenvalue weighted by Gasteiger charge is -2.09. The van der Waals surface area contributed by atoms with E-state index >= 15 is 0 Å². The summed E-state index contributed by atoms with van der Waals surface area (Å²) in [5, 5.41) is 2.35. The van der Waals surface area contributed by atoms with Gasteiger partial charge in [0, 0.05) is 10.8 Å². The van der Waals surface area contributed by atoms with Gasteiger partial charge in [0.1, 0.15) is 11.2 Å². The maximum atomic E-state index is 6.05. The fraction of sp³-hybridized carbons (Fsp3) is 0.0400. The molecule has 0 fully saturated rings. The molecule has 124 valence electrons. The number of hydrogen-bond acceptors (Lipinski definition) is 1. The lowest BCUT2D eigenvalue weighted by atomic mass is 9.94. The molecule has 5 rings (SSSR count). The Bertz CT molecular complexity index is 1240. The third-order valence-corrected chi connectivity index (χ3v) is 5.03. The Balaban J connectivity index is 1.77. The van der Waals surface area contributed by atoms with Crippen molar-refractivity contribution in [3.05, 3.63) is 96.6 Å². The molecule has 1 heterocycles. The first-order chi connectivity index (χ1) is 12.8. The SMILES string of the molecule is Cc1ccccc1-c1cccc(-c2cccc3oc4ccccc4c23)c1.